The fraction of sp³-hybridized carbons (Fsp3) is 0.111. The lowest BCUT2D eigenvalue weighted by atomic mass is 10.5. The molecule has 0 amide bonds. The van der Waals surface area contributed by atoms with E-state index in [-0.39, 0.29) is 16.1 Å². The van der Waals surface area contributed by atoms with E-state index < -0.39 is 0 Å². The van der Waals surface area contributed by atoms with E-state index in [1.54, 1.807) is 25.3 Å². The third-order valence-electron chi connectivity index (χ3n) is 1.86. The summed E-state index contributed by atoms with van der Waals surface area (Å²) in [5.41, 5.74) is 0.499. The van der Waals surface area contributed by atoms with Gasteiger partial charge < -0.3 is 4.52 Å². The van der Waals surface area contributed by atoms with Gasteiger partial charge in [-0.25, -0.2) is 4.98 Å². The molecule has 0 fully saturated rings. The van der Waals surface area contributed by atoms with E-state index in [4.69, 9.17) is 27.7 Å². The summed E-state index contributed by atoms with van der Waals surface area (Å²) in [7, 11) is 0. The monoisotopic (exact) mass is 291 g/mol. The second kappa shape index (κ2) is 5.14. The van der Waals surface area contributed by atoms with Crippen LogP contribution in [0.4, 0.5) is 5.88 Å². The number of rotatable bonds is 3. The Morgan fingerprint density at radius 3 is 2.82 bits per heavy atom. The molecule has 2 heterocycles. The van der Waals surface area contributed by atoms with Gasteiger partial charge in [0.15, 0.2) is 0 Å². The maximum atomic E-state index is 9.78. The van der Waals surface area contributed by atoms with Crippen LogP contribution in [0.25, 0.3) is 0 Å². The van der Waals surface area contributed by atoms with Crippen molar-refractivity contribution in [3.63, 3.8) is 0 Å². The third kappa shape index (κ3) is 2.66. The fourth-order valence-corrected chi connectivity index (χ4v) is 2.12. The minimum atomic E-state index is 0.0501. The Balaban J connectivity index is 2.20. The lowest BCUT2D eigenvalue weighted by Crippen LogP contribution is -2.06. The summed E-state index contributed by atoms with van der Waals surface area (Å²) in [4.78, 5) is 4.45. The van der Waals surface area contributed by atoms with E-state index in [0.29, 0.717) is 10.6 Å². The van der Waals surface area contributed by atoms with Gasteiger partial charge in [-0.15, -0.1) is 0 Å². The van der Waals surface area contributed by atoms with Crippen molar-refractivity contribution in [3.05, 3.63) is 34.2 Å². The molecule has 0 saturated carbocycles. The smallest absolute Gasteiger partial charge is 0.280 e. The summed E-state index contributed by atoms with van der Waals surface area (Å²) in [6.45, 7) is 1.67. The number of aromatic nitrogens is 2. The summed E-state index contributed by atoms with van der Waals surface area (Å²) >= 11 is 12.7. The van der Waals surface area contributed by atoms with Crippen molar-refractivity contribution < 1.29 is 9.73 Å². The molecular weight excluding hydrogens is 285 g/mol. The molecule has 0 radical (unpaired) electrons. The van der Waals surface area contributed by atoms with Crippen LogP contribution in [0.2, 0.25) is 10.2 Å². The molecule has 0 saturated heterocycles. The molecule has 0 unspecified atom stereocenters. The number of hydrogen-bond acceptors (Lipinski definition) is 6. The lowest BCUT2D eigenvalue weighted by Gasteiger charge is -2.11. The Hall–Kier alpha value is -0.950. The van der Waals surface area contributed by atoms with E-state index in [9.17, 15) is 5.21 Å². The van der Waals surface area contributed by atoms with Crippen LogP contribution in [0, 0.1) is 6.92 Å². The summed E-state index contributed by atoms with van der Waals surface area (Å²) in [6, 6.07) is 3.41. The first kappa shape index (κ1) is 12.5. The van der Waals surface area contributed by atoms with E-state index in [0.717, 1.165) is 16.4 Å². The highest BCUT2D eigenvalue weighted by Gasteiger charge is 2.19. The molecule has 0 spiro atoms. The van der Waals surface area contributed by atoms with Crippen molar-refractivity contribution in [1.82, 2.24) is 10.1 Å². The summed E-state index contributed by atoms with van der Waals surface area (Å²) in [6.07, 6.45) is 1.56. The first-order valence-corrected chi connectivity index (χ1v) is 6.02. The zero-order valence-electron chi connectivity index (χ0n) is 8.59. The largest absolute Gasteiger partial charge is 0.334 e. The van der Waals surface area contributed by atoms with E-state index in [1.807, 2.05) is 0 Å². The molecule has 0 atom stereocenters. The summed E-state index contributed by atoms with van der Waals surface area (Å²) in [5, 5.41) is 13.9. The van der Waals surface area contributed by atoms with Crippen molar-refractivity contribution in [3.8, 4) is 0 Å². The molecule has 2 aromatic heterocycles. The molecule has 2 aromatic rings. The van der Waals surface area contributed by atoms with Gasteiger partial charge in [0.25, 0.3) is 5.88 Å². The van der Waals surface area contributed by atoms with Crippen molar-refractivity contribution in [2.75, 3.05) is 4.47 Å². The molecule has 0 bridgehead atoms. The van der Waals surface area contributed by atoms with Gasteiger partial charge in [-0.3, -0.25) is 5.21 Å². The quantitative estimate of drug-likeness (QED) is 0.530. The van der Waals surface area contributed by atoms with Crippen molar-refractivity contribution in [2.45, 2.75) is 11.8 Å². The van der Waals surface area contributed by atoms with Gasteiger partial charge in [0.2, 0.25) is 0 Å². The van der Waals surface area contributed by atoms with Gasteiger partial charge in [0, 0.05) is 18.1 Å². The SMILES string of the molecule is Cc1noc(N(O)Sc2cccnc2Cl)c1Cl. The van der Waals surface area contributed by atoms with E-state index >= 15 is 0 Å². The third-order valence-corrected chi connectivity index (χ3v) is 3.57. The van der Waals surface area contributed by atoms with Crippen LogP contribution in [0.1, 0.15) is 5.69 Å². The predicted octanol–water partition coefficient (Wildman–Crippen LogP) is 3.59. The number of halogens is 2. The Bertz CT molecular complexity index is 535. The maximum Gasteiger partial charge on any atom is 0.280 e. The average Bonchev–Trinajstić information content (AvgIpc) is 2.63. The summed E-state index contributed by atoms with van der Waals surface area (Å²) in [5.74, 6) is 0.0501. The molecule has 0 aromatic carbocycles. The number of hydrogen-bond donors (Lipinski definition) is 1. The van der Waals surface area contributed by atoms with Crippen LogP contribution in [0.3, 0.4) is 0 Å². The number of nitrogens with zero attached hydrogens (tertiary/aromatic N) is 3. The molecule has 5 nitrogen and oxygen atoms in total. The van der Waals surface area contributed by atoms with Crippen molar-refractivity contribution in [1.29, 1.82) is 0 Å². The van der Waals surface area contributed by atoms with Gasteiger partial charge >= 0.3 is 0 Å². The second-order valence-electron chi connectivity index (χ2n) is 3.04. The maximum absolute atomic E-state index is 9.78. The standard InChI is InChI=1S/C9H7Cl2N3O2S/c1-5-7(10)9(16-13-5)14(15)17-6-3-2-4-12-8(6)11/h2-4,15H,1H3. The fourth-order valence-electron chi connectivity index (χ4n) is 1.04. The molecular formula is C9H7Cl2N3O2S. The molecule has 1 N–H and O–H groups in total. The Kier molecular flexibility index (Phi) is 3.78. The lowest BCUT2D eigenvalue weighted by molar-refractivity contribution is 0.290. The highest BCUT2D eigenvalue weighted by Crippen LogP contribution is 2.35. The van der Waals surface area contributed by atoms with Crippen molar-refractivity contribution in [2.24, 2.45) is 0 Å². The minimum absolute atomic E-state index is 0.0501. The predicted molar refractivity (Wildman–Crippen MR) is 65.6 cm³/mol. The van der Waals surface area contributed by atoms with Gasteiger partial charge in [-0.2, -0.15) is 4.47 Å². The molecule has 0 aliphatic heterocycles. The normalized spacial score (nSPS) is 10.6. The number of aryl methyl sites for hydroxylation is 1. The Labute approximate surface area is 111 Å². The van der Waals surface area contributed by atoms with Crippen LogP contribution < -0.4 is 4.47 Å². The Morgan fingerprint density at radius 1 is 1.47 bits per heavy atom. The van der Waals surface area contributed by atoms with Crippen LogP contribution in [0.15, 0.2) is 27.7 Å². The first-order valence-electron chi connectivity index (χ1n) is 4.49. The topological polar surface area (TPSA) is 62.4 Å². The first-order chi connectivity index (χ1) is 8.09. The molecule has 2 rings (SSSR count). The summed E-state index contributed by atoms with van der Waals surface area (Å²) < 4.78 is 5.63. The molecule has 90 valence electrons. The van der Waals surface area contributed by atoms with Crippen LogP contribution in [-0.2, 0) is 0 Å². The average molecular weight is 292 g/mol. The highest BCUT2D eigenvalue weighted by molar-refractivity contribution is 8.00. The van der Waals surface area contributed by atoms with E-state index in [2.05, 4.69) is 10.1 Å². The number of pyridine rings is 1. The van der Waals surface area contributed by atoms with Gasteiger partial charge in [0.1, 0.15) is 15.9 Å². The molecule has 0 aliphatic carbocycles. The van der Waals surface area contributed by atoms with Gasteiger partial charge in [-0.1, -0.05) is 28.4 Å². The Morgan fingerprint density at radius 2 is 2.24 bits per heavy atom. The molecule has 8 heteroatoms. The van der Waals surface area contributed by atoms with Crippen LogP contribution in [0.5, 0.6) is 0 Å². The zero-order valence-corrected chi connectivity index (χ0v) is 10.9. The van der Waals surface area contributed by atoms with E-state index in [1.165, 1.54) is 0 Å². The van der Waals surface area contributed by atoms with Crippen LogP contribution >= 0.6 is 35.1 Å². The zero-order chi connectivity index (χ0) is 12.4. The highest BCUT2D eigenvalue weighted by atomic mass is 35.5. The van der Waals surface area contributed by atoms with Crippen LogP contribution in [-0.4, -0.2) is 15.3 Å². The second-order valence-corrected chi connectivity index (χ2v) is 4.75. The molecule has 0 aliphatic rings. The van der Waals surface area contributed by atoms with Gasteiger partial charge in [0.05, 0.1) is 4.90 Å². The molecule has 17 heavy (non-hydrogen) atoms. The minimum Gasteiger partial charge on any atom is -0.334 e. The number of anilines is 1. The van der Waals surface area contributed by atoms with Crippen molar-refractivity contribution >= 4 is 41.0 Å². The van der Waals surface area contributed by atoms with Gasteiger partial charge in [-0.05, 0) is 19.1 Å².